The largest absolute Gasteiger partial charge is 0.395 e. The molecule has 2 aromatic heterocycles. The Kier molecular flexibility index (Phi) is 3.44. The van der Waals surface area contributed by atoms with Crippen LogP contribution in [0.1, 0.15) is 5.37 Å². The summed E-state index contributed by atoms with van der Waals surface area (Å²) in [6, 6.07) is 0. The molecule has 7 nitrogen and oxygen atoms in total. The summed E-state index contributed by atoms with van der Waals surface area (Å²) in [6.07, 6.45) is -1.42. The molecule has 0 saturated carbocycles. The molecular weight excluding hydrogens is 309 g/mol. The smallest absolute Gasteiger partial charge is 0.223 e. The molecule has 20 heavy (non-hydrogen) atoms. The predicted molar refractivity (Wildman–Crippen MR) is 73.2 cm³/mol. The van der Waals surface area contributed by atoms with Crippen molar-refractivity contribution in [2.24, 2.45) is 0 Å². The number of alkyl halides is 1. The van der Waals surface area contributed by atoms with Gasteiger partial charge in [0.15, 0.2) is 17.0 Å². The standard InChI is InChI=1S/C10H11ClFN5O2S/c11-7-5-8(16-10(13)15-7)17(2-14-5)9-4(12)6(19)3(1-18)20-9/h2-4,6,9,18-19H,1H2,(H2,13,15,16)/t3-,4+,6-,9-/m1/s1. The number of aliphatic hydroxyl groups excluding tert-OH is 2. The van der Waals surface area contributed by atoms with Gasteiger partial charge in [0.25, 0.3) is 0 Å². The number of nitrogens with zero attached hydrogens (tertiary/aromatic N) is 4. The van der Waals surface area contributed by atoms with E-state index in [1.54, 1.807) is 0 Å². The first kappa shape index (κ1) is 13.8. The molecule has 1 saturated heterocycles. The SMILES string of the molecule is Nc1nc(Cl)c2ncn([C@@H]3S[C@H](CO)[C@@H](O)[C@@H]3F)c2n1. The van der Waals surface area contributed by atoms with Crippen molar-refractivity contribution >= 4 is 40.5 Å². The van der Waals surface area contributed by atoms with Gasteiger partial charge in [0.2, 0.25) is 5.95 Å². The lowest BCUT2D eigenvalue weighted by atomic mass is 10.1. The molecule has 4 atom stereocenters. The van der Waals surface area contributed by atoms with Crippen LogP contribution in [-0.4, -0.2) is 53.9 Å². The number of imidazole rings is 1. The summed E-state index contributed by atoms with van der Waals surface area (Å²) < 4.78 is 15.6. The summed E-state index contributed by atoms with van der Waals surface area (Å²) in [5, 5.41) is 17.6. The van der Waals surface area contributed by atoms with Gasteiger partial charge in [-0.05, 0) is 0 Å². The fourth-order valence-corrected chi connectivity index (χ4v) is 3.73. The molecule has 0 bridgehead atoms. The van der Waals surface area contributed by atoms with Crippen LogP contribution in [0.2, 0.25) is 5.15 Å². The van der Waals surface area contributed by atoms with Gasteiger partial charge in [-0.15, -0.1) is 11.8 Å². The van der Waals surface area contributed by atoms with E-state index in [4.69, 9.17) is 22.4 Å². The second-order valence-electron chi connectivity index (χ2n) is 4.38. The Balaban J connectivity index is 2.07. The Labute approximate surface area is 122 Å². The van der Waals surface area contributed by atoms with Gasteiger partial charge < -0.3 is 15.9 Å². The number of aromatic nitrogens is 4. The van der Waals surface area contributed by atoms with Crippen molar-refractivity contribution in [3.8, 4) is 0 Å². The van der Waals surface area contributed by atoms with Crippen molar-refractivity contribution in [3.63, 3.8) is 0 Å². The lowest BCUT2D eigenvalue weighted by molar-refractivity contribution is 0.0642. The number of fused-ring (bicyclic) bond motifs is 1. The zero-order valence-electron chi connectivity index (χ0n) is 10.0. The Morgan fingerprint density at radius 2 is 2.25 bits per heavy atom. The summed E-state index contributed by atoms with van der Waals surface area (Å²) in [5.74, 6) is -0.0399. The molecule has 10 heteroatoms. The van der Waals surface area contributed by atoms with E-state index in [0.29, 0.717) is 11.2 Å². The quantitative estimate of drug-likeness (QED) is 0.686. The number of nitrogens with two attached hydrogens (primary N) is 1. The first-order valence-corrected chi connectivity index (χ1v) is 7.09. The number of anilines is 1. The molecule has 0 amide bonds. The molecule has 3 rings (SSSR count). The molecule has 0 spiro atoms. The molecule has 0 aliphatic carbocycles. The molecule has 4 N–H and O–H groups in total. The average molecular weight is 320 g/mol. The highest BCUT2D eigenvalue weighted by molar-refractivity contribution is 8.00. The summed E-state index contributed by atoms with van der Waals surface area (Å²) in [6.45, 7) is -0.312. The zero-order chi connectivity index (χ0) is 14.4. The van der Waals surface area contributed by atoms with Gasteiger partial charge in [0.1, 0.15) is 17.0 Å². The van der Waals surface area contributed by atoms with E-state index in [1.807, 2.05) is 0 Å². The highest BCUT2D eigenvalue weighted by atomic mass is 35.5. The third-order valence-corrected chi connectivity index (χ3v) is 4.95. The van der Waals surface area contributed by atoms with Crippen molar-refractivity contribution < 1.29 is 14.6 Å². The van der Waals surface area contributed by atoms with E-state index >= 15 is 0 Å². The van der Waals surface area contributed by atoms with Gasteiger partial charge in [0.05, 0.1) is 18.2 Å². The van der Waals surface area contributed by atoms with Crippen molar-refractivity contribution in [1.82, 2.24) is 19.5 Å². The van der Waals surface area contributed by atoms with Crippen LogP contribution in [0, 0.1) is 0 Å². The van der Waals surface area contributed by atoms with E-state index in [-0.39, 0.29) is 17.7 Å². The lowest BCUT2D eigenvalue weighted by Crippen LogP contribution is -2.29. The maximum absolute atomic E-state index is 14.2. The molecular formula is C10H11ClFN5O2S. The van der Waals surface area contributed by atoms with E-state index in [0.717, 1.165) is 11.8 Å². The minimum atomic E-state index is -1.55. The van der Waals surface area contributed by atoms with Crippen molar-refractivity contribution in [2.75, 3.05) is 12.3 Å². The van der Waals surface area contributed by atoms with Crippen molar-refractivity contribution in [2.45, 2.75) is 22.9 Å². The van der Waals surface area contributed by atoms with E-state index in [2.05, 4.69) is 15.0 Å². The van der Waals surface area contributed by atoms with Crippen LogP contribution in [-0.2, 0) is 0 Å². The predicted octanol–water partition coefficient (Wildman–Crippen LogP) is 0.367. The summed E-state index contributed by atoms with van der Waals surface area (Å²) in [7, 11) is 0. The van der Waals surface area contributed by atoms with E-state index in [1.165, 1.54) is 10.9 Å². The lowest BCUT2D eigenvalue weighted by Gasteiger charge is -2.15. The Morgan fingerprint density at radius 1 is 1.50 bits per heavy atom. The van der Waals surface area contributed by atoms with Gasteiger partial charge >= 0.3 is 0 Å². The molecule has 0 unspecified atom stereocenters. The van der Waals surface area contributed by atoms with E-state index in [9.17, 15) is 9.50 Å². The van der Waals surface area contributed by atoms with Gasteiger partial charge in [-0.25, -0.2) is 9.37 Å². The second kappa shape index (κ2) is 4.99. The van der Waals surface area contributed by atoms with Crippen molar-refractivity contribution in [1.29, 1.82) is 0 Å². The molecule has 0 radical (unpaired) electrons. The number of thioether (sulfide) groups is 1. The maximum atomic E-state index is 14.2. The molecule has 3 heterocycles. The van der Waals surface area contributed by atoms with E-state index < -0.39 is 22.9 Å². The van der Waals surface area contributed by atoms with Crippen LogP contribution < -0.4 is 5.73 Å². The minimum absolute atomic E-state index is 0.0399. The van der Waals surface area contributed by atoms with Crippen LogP contribution >= 0.6 is 23.4 Å². The number of nitrogen functional groups attached to an aromatic ring is 1. The summed E-state index contributed by atoms with van der Waals surface area (Å²) in [5.41, 5.74) is 6.14. The summed E-state index contributed by atoms with van der Waals surface area (Å²) in [4.78, 5) is 11.8. The fraction of sp³-hybridized carbons (Fsp3) is 0.500. The minimum Gasteiger partial charge on any atom is -0.395 e. The van der Waals surface area contributed by atoms with Gasteiger partial charge in [-0.3, -0.25) is 4.57 Å². The first-order valence-electron chi connectivity index (χ1n) is 5.77. The molecule has 0 aromatic carbocycles. The van der Waals surface area contributed by atoms with Crippen LogP contribution in [0.4, 0.5) is 10.3 Å². The maximum Gasteiger partial charge on any atom is 0.223 e. The zero-order valence-corrected chi connectivity index (χ0v) is 11.6. The number of hydrogen-bond donors (Lipinski definition) is 3. The van der Waals surface area contributed by atoms with Gasteiger partial charge in [-0.2, -0.15) is 9.97 Å². The van der Waals surface area contributed by atoms with Gasteiger partial charge in [0, 0.05) is 0 Å². The highest BCUT2D eigenvalue weighted by Crippen LogP contribution is 2.44. The molecule has 2 aromatic rings. The van der Waals surface area contributed by atoms with Crippen LogP contribution in [0.25, 0.3) is 11.2 Å². The van der Waals surface area contributed by atoms with Crippen LogP contribution in [0.3, 0.4) is 0 Å². The Hall–Kier alpha value is -1.16. The monoisotopic (exact) mass is 319 g/mol. The molecule has 108 valence electrons. The second-order valence-corrected chi connectivity index (χ2v) is 6.10. The fourth-order valence-electron chi connectivity index (χ4n) is 2.16. The number of rotatable bonds is 2. The highest BCUT2D eigenvalue weighted by Gasteiger charge is 2.45. The van der Waals surface area contributed by atoms with Crippen LogP contribution in [0.15, 0.2) is 6.33 Å². The average Bonchev–Trinajstić information content (AvgIpc) is 2.93. The first-order chi connectivity index (χ1) is 9.52. The topological polar surface area (TPSA) is 110 Å². The molecule has 1 aliphatic rings. The van der Waals surface area contributed by atoms with Crippen molar-refractivity contribution in [3.05, 3.63) is 11.5 Å². The third kappa shape index (κ3) is 2.01. The normalized spacial score (nSPS) is 30.2. The number of hydrogen-bond acceptors (Lipinski definition) is 7. The Morgan fingerprint density at radius 3 is 2.90 bits per heavy atom. The molecule has 1 aliphatic heterocycles. The summed E-state index contributed by atoms with van der Waals surface area (Å²) >= 11 is 7.02. The number of aliphatic hydroxyl groups is 2. The Bertz CT molecular complexity index is 656. The number of halogens is 2. The molecule has 1 fully saturated rings. The van der Waals surface area contributed by atoms with Crippen LogP contribution in [0.5, 0.6) is 0 Å². The van der Waals surface area contributed by atoms with Gasteiger partial charge in [-0.1, -0.05) is 11.6 Å². The third-order valence-electron chi connectivity index (χ3n) is 3.14.